The van der Waals surface area contributed by atoms with Gasteiger partial charge in [0.1, 0.15) is 12.2 Å². The molecule has 0 unspecified atom stereocenters. The number of nitrogens with zero attached hydrogens (tertiary/aromatic N) is 3. The first-order valence-electron chi connectivity index (χ1n) is 5.96. The van der Waals surface area contributed by atoms with E-state index in [-0.39, 0.29) is 0 Å². The van der Waals surface area contributed by atoms with Gasteiger partial charge in [-0.2, -0.15) is 5.10 Å². The Morgan fingerprint density at radius 2 is 2.17 bits per heavy atom. The molecule has 0 aliphatic rings. The zero-order valence-corrected chi connectivity index (χ0v) is 11.7. The molecule has 0 amide bonds. The van der Waals surface area contributed by atoms with Crippen LogP contribution in [0.2, 0.25) is 0 Å². The third kappa shape index (κ3) is 2.67. The lowest BCUT2D eigenvalue weighted by Gasteiger charge is -2.10. The first-order chi connectivity index (χ1) is 8.59. The van der Waals surface area contributed by atoms with E-state index < -0.39 is 0 Å². The van der Waals surface area contributed by atoms with Crippen molar-refractivity contribution in [1.82, 2.24) is 14.8 Å². The van der Waals surface area contributed by atoms with Crippen LogP contribution in [-0.2, 0) is 5.75 Å². The van der Waals surface area contributed by atoms with Crippen molar-refractivity contribution in [2.45, 2.75) is 37.5 Å². The van der Waals surface area contributed by atoms with E-state index in [1.165, 1.54) is 0 Å². The number of para-hydroxylation sites is 1. The number of hydrogen-bond donors (Lipinski definition) is 1. The van der Waals surface area contributed by atoms with Gasteiger partial charge in [-0.15, -0.1) is 11.8 Å². The highest BCUT2D eigenvalue weighted by Gasteiger charge is 2.09. The molecule has 0 bridgehead atoms. The van der Waals surface area contributed by atoms with Crippen LogP contribution in [0, 0.1) is 6.92 Å². The molecule has 1 aromatic heterocycles. The highest BCUT2D eigenvalue weighted by atomic mass is 32.2. The number of nitrogens with two attached hydrogens (primary N) is 1. The average Bonchev–Trinajstić information content (AvgIpc) is 2.79. The third-order valence-electron chi connectivity index (χ3n) is 2.78. The zero-order chi connectivity index (χ0) is 13.1. The van der Waals surface area contributed by atoms with Gasteiger partial charge in [-0.05, 0) is 32.4 Å². The van der Waals surface area contributed by atoms with E-state index in [9.17, 15) is 0 Å². The molecule has 1 aromatic carbocycles. The highest BCUT2D eigenvalue weighted by Crippen LogP contribution is 2.29. The lowest BCUT2D eigenvalue weighted by Crippen LogP contribution is -2.07. The fourth-order valence-electron chi connectivity index (χ4n) is 1.73. The maximum atomic E-state index is 6.06. The summed E-state index contributed by atoms with van der Waals surface area (Å²) < 4.78 is 1.94. The van der Waals surface area contributed by atoms with Crippen molar-refractivity contribution >= 4 is 17.4 Å². The van der Waals surface area contributed by atoms with E-state index in [1.807, 2.05) is 29.8 Å². The predicted octanol–water partition coefficient (Wildman–Crippen LogP) is 3.04. The Morgan fingerprint density at radius 3 is 2.89 bits per heavy atom. The summed E-state index contributed by atoms with van der Waals surface area (Å²) in [4.78, 5) is 5.40. The van der Waals surface area contributed by atoms with Crippen LogP contribution in [0.5, 0.6) is 0 Å². The molecular formula is C13H18N4S. The third-order valence-corrected chi connectivity index (χ3v) is 3.85. The Labute approximate surface area is 112 Å². The molecule has 0 fully saturated rings. The molecule has 2 aromatic rings. The molecule has 4 nitrogen and oxygen atoms in total. The van der Waals surface area contributed by atoms with Gasteiger partial charge in [-0.3, -0.25) is 0 Å². The number of nitrogen functional groups attached to an aromatic ring is 1. The van der Waals surface area contributed by atoms with Crippen LogP contribution in [0.25, 0.3) is 0 Å². The molecule has 18 heavy (non-hydrogen) atoms. The Bertz CT molecular complexity index is 534. The number of benzene rings is 1. The van der Waals surface area contributed by atoms with Crippen LogP contribution in [0.15, 0.2) is 29.4 Å². The van der Waals surface area contributed by atoms with Crippen molar-refractivity contribution in [3.05, 3.63) is 35.9 Å². The molecule has 0 aliphatic carbocycles. The Morgan fingerprint density at radius 1 is 1.39 bits per heavy atom. The van der Waals surface area contributed by atoms with Crippen molar-refractivity contribution in [1.29, 1.82) is 0 Å². The first-order valence-corrected chi connectivity index (χ1v) is 6.94. The second-order valence-corrected chi connectivity index (χ2v) is 5.51. The second-order valence-electron chi connectivity index (χ2n) is 4.49. The number of aromatic nitrogens is 3. The van der Waals surface area contributed by atoms with Gasteiger partial charge in [0.15, 0.2) is 0 Å². The Balaban J connectivity index is 2.12. The summed E-state index contributed by atoms with van der Waals surface area (Å²) in [5, 5.41) is 4.23. The van der Waals surface area contributed by atoms with E-state index in [2.05, 4.69) is 23.9 Å². The normalized spacial score (nSPS) is 11.1. The SMILES string of the molecule is Cc1cccc(SCc2ncnn2C(C)C)c1N. The van der Waals surface area contributed by atoms with Crippen molar-refractivity contribution in [2.75, 3.05) is 5.73 Å². The number of aryl methyl sites for hydroxylation is 1. The van der Waals surface area contributed by atoms with Crippen LogP contribution >= 0.6 is 11.8 Å². The lowest BCUT2D eigenvalue weighted by atomic mass is 10.2. The number of anilines is 1. The van der Waals surface area contributed by atoms with Crippen LogP contribution < -0.4 is 5.73 Å². The fourth-order valence-corrected chi connectivity index (χ4v) is 2.71. The van der Waals surface area contributed by atoms with Crippen molar-refractivity contribution in [3.8, 4) is 0 Å². The van der Waals surface area contributed by atoms with E-state index >= 15 is 0 Å². The predicted molar refractivity (Wildman–Crippen MR) is 75.6 cm³/mol. The minimum Gasteiger partial charge on any atom is -0.398 e. The monoisotopic (exact) mass is 262 g/mol. The molecule has 0 aliphatic heterocycles. The fraction of sp³-hybridized carbons (Fsp3) is 0.385. The topological polar surface area (TPSA) is 56.7 Å². The van der Waals surface area contributed by atoms with Gasteiger partial charge >= 0.3 is 0 Å². The van der Waals surface area contributed by atoms with Crippen LogP contribution in [0.3, 0.4) is 0 Å². The molecule has 5 heteroatoms. The number of hydrogen-bond acceptors (Lipinski definition) is 4. The molecule has 0 saturated heterocycles. The first kappa shape index (κ1) is 13.0. The minimum atomic E-state index is 0.331. The van der Waals surface area contributed by atoms with Gasteiger partial charge in [0, 0.05) is 16.6 Å². The van der Waals surface area contributed by atoms with Crippen molar-refractivity contribution in [2.24, 2.45) is 0 Å². The van der Waals surface area contributed by atoms with Gasteiger partial charge in [-0.25, -0.2) is 9.67 Å². The summed E-state index contributed by atoms with van der Waals surface area (Å²) in [6, 6.07) is 6.43. The zero-order valence-electron chi connectivity index (χ0n) is 10.9. The van der Waals surface area contributed by atoms with Gasteiger partial charge in [0.2, 0.25) is 0 Å². The molecule has 0 spiro atoms. The van der Waals surface area contributed by atoms with E-state index in [0.29, 0.717) is 6.04 Å². The van der Waals surface area contributed by atoms with Gasteiger partial charge < -0.3 is 5.73 Å². The van der Waals surface area contributed by atoms with Crippen molar-refractivity contribution in [3.63, 3.8) is 0 Å². The molecule has 0 atom stereocenters. The quantitative estimate of drug-likeness (QED) is 0.679. The minimum absolute atomic E-state index is 0.331. The molecular weight excluding hydrogens is 244 g/mol. The molecule has 96 valence electrons. The van der Waals surface area contributed by atoms with Crippen LogP contribution in [0.1, 0.15) is 31.3 Å². The Hall–Kier alpha value is -1.49. The highest BCUT2D eigenvalue weighted by molar-refractivity contribution is 7.98. The summed E-state index contributed by atoms with van der Waals surface area (Å²) >= 11 is 1.70. The summed E-state index contributed by atoms with van der Waals surface area (Å²) in [5.74, 6) is 1.77. The van der Waals surface area contributed by atoms with Gasteiger partial charge in [0.05, 0.1) is 5.75 Å². The molecule has 2 N–H and O–H groups in total. The standard InChI is InChI=1S/C13H18N4S/c1-9(2)17-12(15-8-16-17)7-18-11-6-4-5-10(3)13(11)14/h4-6,8-9H,7,14H2,1-3H3. The Kier molecular flexibility index (Phi) is 3.91. The lowest BCUT2D eigenvalue weighted by molar-refractivity contribution is 0.514. The summed E-state index contributed by atoms with van der Waals surface area (Å²) in [6.45, 7) is 6.23. The largest absolute Gasteiger partial charge is 0.398 e. The smallest absolute Gasteiger partial charge is 0.138 e. The molecule has 0 radical (unpaired) electrons. The van der Waals surface area contributed by atoms with Gasteiger partial charge in [0.25, 0.3) is 0 Å². The molecule has 0 saturated carbocycles. The summed E-state index contributed by atoms with van der Waals surface area (Å²) in [7, 11) is 0. The van der Waals surface area contributed by atoms with Crippen LogP contribution in [0.4, 0.5) is 5.69 Å². The van der Waals surface area contributed by atoms with Gasteiger partial charge in [-0.1, -0.05) is 12.1 Å². The molecule has 1 heterocycles. The van der Waals surface area contributed by atoms with Crippen LogP contribution in [-0.4, -0.2) is 14.8 Å². The maximum Gasteiger partial charge on any atom is 0.138 e. The number of rotatable bonds is 4. The molecule has 2 rings (SSSR count). The average molecular weight is 262 g/mol. The second kappa shape index (κ2) is 5.44. The van der Waals surface area contributed by atoms with Crippen molar-refractivity contribution < 1.29 is 0 Å². The summed E-state index contributed by atoms with van der Waals surface area (Å²) in [5.41, 5.74) is 8.03. The van der Waals surface area contributed by atoms with E-state index in [0.717, 1.165) is 27.7 Å². The maximum absolute atomic E-state index is 6.06. The number of thioether (sulfide) groups is 1. The summed E-state index contributed by atoms with van der Waals surface area (Å²) in [6.07, 6.45) is 1.61. The van der Waals surface area contributed by atoms with E-state index in [1.54, 1.807) is 18.1 Å². The van der Waals surface area contributed by atoms with E-state index in [4.69, 9.17) is 5.73 Å².